The Morgan fingerprint density at radius 2 is 2.40 bits per heavy atom. The maximum atomic E-state index is 12.9. The fourth-order valence-electron chi connectivity index (χ4n) is 2.17. The lowest BCUT2D eigenvalue weighted by Gasteiger charge is -2.19. The maximum Gasteiger partial charge on any atom is 0.238 e. The van der Waals surface area contributed by atoms with Gasteiger partial charge in [0.25, 0.3) is 0 Å². The van der Waals surface area contributed by atoms with Crippen LogP contribution < -0.4 is 10.6 Å². The normalized spacial score (nSPS) is 19.9. The molecule has 2 N–H and O–H groups in total. The first kappa shape index (κ1) is 15.2. The summed E-state index contributed by atoms with van der Waals surface area (Å²) in [5.74, 6) is -0.651. The van der Waals surface area contributed by atoms with Crippen LogP contribution >= 0.6 is 11.6 Å². The molecule has 0 aliphatic carbocycles. The van der Waals surface area contributed by atoms with Crippen molar-refractivity contribution in [2.45, 2.75) is 31.9 Å². The number of halogens is 2. The highest BCUT2D eigenvalue weighted by Gasteiger charge is 2.22. The average Bonchev–Trinajstić information content (AvgIpc) is 2.93. The van der Waals surface area contributed by atoms with Gasteiger partial charge in [-0.15, -0.1) is 0 Å². The first-order valence-electron chi connectivity index (χ1n) is 6.66. The van der Waals surface area contributed by atoms with Gasteiger partial charge >= 0.3 is 0 Å². The van der Waals surface area contributed by atoms with Gasteiger partial charge in [-0.05, 0) is 38.0 Å². The highest BCUT2D eigenvalue weighted by Crippen LogP contribution is 2.22. The predicted octanol–water partition coefficient (Wildman–Crippen LogP) is 2.57. The zero-order chi connectivity index (χ0) is 14.5. The van der Waals surface area contributed by atoms with E-state index < -0.39 is 5.82 Å². The quantitative estimate of drug-likeness (QED) is 0.879. The molecule has 0 bridgehead atoms. The van der Waals surface area contributed by atoms with Crippen molar-refractivity contribution in [3.05, 3.63) is 29.0 Å². The van der Waals surface area contributed by atoms with Crippen LogP contribution in [0.5, 0.6) is 0 Å². The molecule has 2 atom stereocenters. The highest BCUT2D eigenvalue weighted by molar-refractivity contribution is 6.33. The van der Waals surface area contributed by atoms with E-state index in [0.29, 0.717) is 5.69 Å². The molecule has 0 spiro atoms. The van der Waals surface area contributed by atoms with Crippen LogP contribution in [0.2, 0.25) is 5.02 Å². The molecule has 4 nitrogen and oxygen atoms in total. The Kier molecular flexibility index (Phi) is 5.34. The summed E-state index contributed by atoms with van der Waals surface area (Å²) < 4.78 is 18.4. The van der Waals surface area contributed by atoms with Crippen molar-refractivity contribution in [3.63, 3.8) is 0 Å². The van der Waals surface area contributed by atoms with Crippen LogP contribution in [-0.2, 0) is 9.53 Å². The summed E-state index contributed by atoms with van der Waals surface area (Å²) >= 11 is 5.84. The number of hydrogen-bond donors (Lipinski definition) is 2. The van der Waals surface area contributed by atoms with Crippen molar-refractivity contribution in [3.8, 4) is 0 Å². The smallest absolute Gasteiger partial charge is 0.238 e. The minimum atomic E-state index is -0.432. The largest absolute Gasteiger partial charge is 0.377 e. The number of benzene rings is 1. The number of ether oxygens (including phenoxy) is 1. The number of hydrogen-bond acceptors (Lipinski definition) is 3. The molecule has 1 amide bonds. The summed E-state index contributed by atoms with van der Waals surface area (Å²) in [6.45, 7) is 2.94. The van der Waals surface area contributed by atoms with Crippen molar-refractivity contribution in [2.24, 2.45) is 0 Å². The van der Waals surface area contributed by atoms with E-state index in [4.69, 9.17) is 16.3 Å². The van der Waals surface area contributed by atoms with Crippen molar-refractivity contribution >= 4 is 23.2 Å². The molecule has 1 fully saturated rings. The Bertz CT molecular complexity index is 478. The van der Waals surface area contributed by atoms with Crippen molar-refractivity contribution < 1.29 is 13.9 Å². The fourth-order valence-corrected chi connectivity index (χ4v) is 2.38. The molecule has 1 aliphatic heterocycles. The Hall–Kier alpha value is -1.17. The van der Waals surface area contributed by atoms with Crippen LogP contribution in [0.3, 0.4) is 0 Å². The van der Waals surface area contributed by atoms with E-state index in [1.807, 2.05) is 6.92 Å². The maximum absolute atomic E-state index is 12.9. The lowest BCUT2D eigenvalue weighted by Crippen LogP contribution is -2.41. The molecule has 1 aromatic carbocycles. The van der Waals surface area contributed by atoms with Crippen LogP contribution in [-0.4, -0.2) is 31.2 Å². The molecular weight excluding hydrogens is 283 g/mol. The summed E-state index contributed by atoms with van der Waals surface area (Å²) in [7, 11) is 0. The molecule has 0 aromatic heterocycles. The van der Waals surface area contributed by atoms with Gasteiger partial charge in [-0.25, -0.2) is 4.39 Å². The molecule has 2 rings (SSSR count). The Morgan fingerprint density at radius 1 is 1.60 bits per heavy atom. The zero-order valence-corrected chi connectivity index (χ0v) is 12.0. The van der Waals surface area contributed by atoms with E-state index in [9.17, 15) is 9.18 Å². The van der Waals surface area contributed by atoms with Gasteiger partial charge in [0.15, 0.2) is 0 Å². The van der Waals surface area contributed by atoms with Crippen LogP contribution in [0.1, 0.15) is 19.8 Å². The summed E-state index contributed by atoms with van der Waals surface area (Å²) in [5, 5.41) is 5.95. The van der Waals surface area contributed by atoms with Crippen LogP contribution in [0.15, 0.2) is 18.2 Å². The first-order valence-corrected chi connectivity index (χ1v) is 7.04. The molecule has 1 heterocycles. The molecule has 20 heavy (non-hydrogen) atoms. The second kappa shape index (κ2) is 7.02. The average molecular weight is 301 g/mol. The molecule has 0 unspecified atom stereocenters. The number of amides is 1. The Morgan fingerprint density at radius 3 is 3.05 bits per heavy atom. The van der Waals surface area contributed by atoms with Crippen molar-refractivity contribution in [1.29, 1.82) is 0 Å². The lowest BCUT2D eigenvalue weighted by atomic mass is 10.1. The Labute approximate surface area is 122 Å². The molecule has 0 radical (unpaired) electrons. The van der Waals surface area contributed by atoms with Gasteiger partial charge in [-0.3, -0.25) is 4.79 Å². The van der Waals surface area contributed by atoms with Gasteiger partial charge in [0.05, 0.1) is 23.4 Å². The Balaban J connectivity index is 1.80. The number of anilines is 1. The highest BCUT2D eigenvalue weighted by atomic mass is 35.5. The first-order chi connectivity index (χ1) is 9.56. The number of nitrogens with one attached hydrogen (secondary N) is 2. The number of carbonyl (C=O) groups excluding carboxylic acids is 1. The van der Waals surface area contributed by atoms with Gasteiger partial charge in [0.1, 0.15) is 5.82 Å². The van der Waals surface area contributed by atoms with E-state index in [1.165, 1.54) is 18.2 Å². The van der Waals surface area contributed by atoms with Crippen molar-refractivity contribution in [2.75, 3.05) is 18.5 Å². The summed E-state index contributed by atoms with van der Waals surface area (Å²) in [6.07, 6.45) is 2.24. The van der Waals surface area contributed by atoms with Gasteiger partial charge in [0.2, 0.25) is 5.91 Å². The van der Waals surface area contributed by atoms with E-state index in [0.717, 1.165) is 19.4 Å². The summed E-state index contributed by atoms with van der Waals surface area (Å²) in [5.41, 5.74) is 0.407. The van der Waals surface area contributed by atoms with Gasteiger partial charge in [-0.1, -0.05) is 11.6 Å². The lowest BCUT2D eigenvalue weighted by molar-refractivity contribution is -0.115. The topological polar surface area (TPSA) is 50.4 Å². The monoisotopic (exact) mass is 300 g/mol. The second-order valence-corrected chi connectivity index (χ2v) is 5.30. The SMILES string of the molecule is C[C@H](NCC(=O)Nc1ccc(F)cc1Cl)[C@H]1CCCO1. The van der Waals surface area contributed by atoms with E-state index in [1.54, 1.807) is 0 Å². The summed E-state index contributed by atoms with van der Waals surface area (Å²) in [4.78, 5) is 11.8. The third-order valence-corrected chi connectivity index (χ3v) is 3.63. The molecular formula is C14H18ClFN2O2. The number of rotatable bonds is 5. The third kappa shape index (κ3) is 4.16. The summed E-state index contributed by atoms with van der Waals surface area (Å²) in [6, 6.07) is 3.98. The van der Waals surface area contributed by atoms with Crippen LogP contribution in [0.25, 0.3) is 0 Å². The van der Waals surface area contributed by atoms with E-state index >= 15 is 0 Å². The fraction of sp³-hybridized carbons (Fsp3) is 0.500. The second-order valence-electron chi connectivity index (χ2n) is 4.89. The van der Waals surface area contributed by atoms with Crippen LogP contribution in [0, 0.1) is 5.82 Å². The molecule has 1 saturated heterocycles. The van der Waals surface area contributed by atoms with Gasteiger partial charge in [-0.2, -0.15) is 0 Å². The van der Waals surface area contributed by atoms with Gasteiger partial charge in [0, 0.05) is 12.6 Å². The third-order valence-electron chi connectivity index (χ3n) is 3.31. The molecule has 6 heteroatoms. The molecule has 110 valence electrons. The van der Waals surface area contributed by atoms with Gasteiger partial charge < -0.3 is 15.4 Å². The van der Waals surface area contributed by atoms with Crippen LogP contribution in [0.4, 0.5) is 10.1 Å². The predicted molar refractivity (Wildman–Crippen MR) is 76.5 cm³/mol. The van der Waals surface area contributed by atoms with E-state index in [2.05, 4.69) is 10.6 Å². The minimum Gasteiger partial charge on any atom is -0.377 e. The van der Waals surface area contributed by atoms with E-state index in [-0.39, 0.29) is 29.6 Å². The van der Waals surface area contributed by atoms with Crippen molar-refractivity contribution in [1.82, 2.24) is 5.32 Å². The standard InChI is InChI=1S/C14H18ClFN2O2/c1-9(13-3-2-6-20-13)17-8-14(19)18-12-5-4-10(16)7-11(12)15/h4-5,7,9,13,17H,2-3,6,8H2,1H3,(H,18,19)/t9-,13+/m0/s1. The molecule has 0 saturated carbocycles. The minimum absolute atomic E-state index is 0.118. The number of carbonyl (C=O) groups is 1. The molecule has 1 aliphatic rings. The zero-order valence-electron chi connectivity index (χ0n) is 11.3. The molecule has 1 aromatic rings.